The molecular weight excluding hydrogens is 271 g/mol. The number of hydrogen-bond acceptors (Lipinski definition) is 1. The molecule has 17 heavy (non-hydrogen) atoms. The van der Waals surface area contributed by atoms with E-state index in [0.29, 0.717) is 0 Å². The number of thiophene rings is 1. The summed E-state index contributed by atoms with van der Waals surface area (Å²) in [5.74, 6) is 0. The molecule has 0 saturated carbocycles. The molecule has 0 bridgehead atoms. The van der Waals surface area contributed by atoms with Gasteiger partial charge in [-0.25, -0.2) is 0 Å². The Morgan fingerprint density at radius 2 is 1.82 bits per heavy atom. The van der Waals surface area contributed by atoms with Gasteiger partial charge in [0.05, 0.1) is 5.38 Å². The molecule has 0 aliphatic carbocycles. The van der Waals surface area contributed by atoms with Crippen molar-refractivity contribution in [3.8, 4) is 0 Å². The maximum absolute atomic E-state index is 6.43. The number of hydrogen-bond donors (Lipinski definition) is 0. The number of aryl methyl sites for hydroxylation is 1. The highest BCUT2D eigenvalue weighted by atomic mass is 35.5. The average Bonchev–Trinajstić information content (AvgIpc) is 2.81. The van der Waals surface area contributed by atoms with E-state index in [4.69, 9.17) is 23.2 Å². The normalized spacial score (nSPS) is 12.6. The van der Waals surface area contributed by atoms with Crippen molar-refractivity contribution in [2.75, 3.05) is 0 Å². The topological polar surface area (TPSA) is 0 Å². The van der Waals surface area contributed by atoms with Crippen molar-refractivity contribution in [1.82, 2.24) is 0 Å². The smallest absolute Gasteiger partial charge is 0.0718 e. The number of halogens is 2. The number of alkyl halides is 1. The van der Waals surface area contributed by atoms with Crippen molar-refractivity contribution < 1.29 is 0 Å². The van der Waals surface area contributed by atoms with Crippen molar-refractivity contribution in [3.63, 3.8) is 0 Å². The zero-order valence-corrected chi connectivity index (χ0v) is 11.9. The van der Waals surface area contributed by atoms with E-state index >= 15 is 0 Å². The predicted molar refractivity (Wildman–Crippen MR) is 77.4 cm³/mol. The molecule has 0 amide bonds. The van der Waals surface area contributed by atoms with Crippen molar-refractivity contribution in [2.24, 2.45) is 0 Å². The van der Waals surface area contributed by atoms with Gasteiger partial charge in [-0.3, -0.25) is 0 Å². The SMILES string of the molecule is CCc1ccc(C(Cl)Cc2ccc(Cl)cc2)s1. The first-order valence-corrected chi connectivity index (χ1v) is 7.29. The van der Waals surface area contributed by atoms with Crippen LogP contribution in [0, 0.1) is 0 Å². The van der Waals surface area contributed by atoms with E-state index in [0.717, 1.165) is 17.9 Å². The van der Waals surface area contributed by atoms with Gasteiger partial charge in [0.25, 0.3) is 0 Å². The van der Waals surface area contributed by atoms with Crippen molar-refractivity contribution in [2.45, 2.75) is 25.1 Å². The second-order valence-electron chi connectivity index (χ2n) is 3.96. The summed E-state index contributed by atoms with van der Waals surface area (Å²) in [6.07, 6.45) is 1.93. The second-order valence-corrected chi connectivity index (χ2v) is 6.12. The first kappa shape index (κ1) is 12.9. The summed E-state index contributed by atoms with van der Waals surface area (Å²) in [6.45, 7) is 2.16. The lowest BCUT2D eigenvalue weighted by molar-refractivity contribution is 0.940. The molecule has 0 fully saturated rings. The highest BCUT2D eigenvalue weighted by Crippen LogP contribution is 2.31. The summed E-state index contributed by atoms with van der Waals surface area (Å²) in [5.41, 5.74) is 1.22. The summed E-state index contributed by atoms with van der Waals surface area (Å²) in [6, 6.07) is 12.2. The van der Waals surface area contributed by atoms with Crippen LogP contribution in [0.25, 0.3) is 0 Å². The van der Waals surface area contributed by atoms with Gasteiger partial charge in [0, 0.05) is 14.8 Å². The minimum atomic E-state index is 0.0569. The van der Waals surface area contributed by atoms with E-state index in [9.17, 15) is 0 Å². The van der Waals surface area contributed by atoms with Crippen LogP contribution in [0.1, 0.15) is 27.6 Å². The van der Waals surface area contributed by atoms with Gasteiger partial charge in [-0.1, -0.05) is 30.7 Å². The zero-order valence-electron chi connectivity index (χ0n) is 9.62. The minimum absolute atomic E-state index is 0.0569. The molecule has 1 unspecified atom stereocenters. The molecule has 1 aromatic heterocycles. The summed E-state index contributed by atoms with van der Waals surface area (Å²) >= 11 is 14.1. The molecule has 0 saturated heterocycles. The molecule has 1 heterocycles. The Kier molecular flexibility index (Phi) is 4.49. The monoisotopic (exact) mass is 284 g/mol. The van der Waals surface area contributed by atoms with Crippen molar-refractivity contribution in [1.29, 1.82) is 0 Å². The molecule has 0 N–H and O–H groups in total. The Morgan fingerprint density at radius 1 is 1.12 bits per heavy atom. The van der Waals surface area contributed by atoms with Gasteiger partial charge < -0.3 is 0 Å². The van der Waals surface area contributed by atoms with Gasteiger partial charge in [-0.05, 0) is 42.7 Å². The van der Waals surface area contributed by atoms with Gasteiger partial charge >= 0.3 is 0 Å². The van der Waals surface area contributed by atoms with Crippen LogP contribution in [-0.4, -0.2) is 0 Å². The third-order valence-electron chi connectivity index (χ3n) is 2.67. The molecule has 0 spiro atoms. The minimum Gasteiger partial charge on any atom is -0.144 e. The molecule has 2 rings (SSSR count). The molecular formula is C14H14Cl2S. The van der Waals surface area contributed by atoms with E-state index in [1.165, 1.54) is 15.3 Å². The molecule has 2 aromatic rings. The Bertz CT molecular complexity index is 473. The average molecular weight is 285 g/mol. The predicted octanol–water partition coefficient (Wildman–Crippen LogP) is 5.49. The summed E-state index contributed by atoms with van der Waals surface area (Å²) in [4.78, 5) is 2.64. The zero-order chi connectivity index (χ0) is 12.3. The Balaban J connectivity index is 2.05. The van der Waals surface area contributed by atoms with Gasteiger partial charge in [0.1, 0.15) is 0 Å². The van der Waals surface area contributed by atoms with Gasteiger partial charge in [-0.15, -0.1) is 22.9 Å². The van der Waals surface area contributed by atoms with Gasteiger partial charge in [-0.2, -0.15) is 0 Å². The van der Waals surface area contributed by atoms with Crippen LogP contribution in [0.15, 0.2) is 36.4 Å². The fourth-order valence-electron chi connectivity index (χ4n) is 1.68. The Labute approximate surface area is 116 Å². The number of benzene rings is 1. The van der Waals surface area contributed by atoms with Crippen LogP contribution < -0.4 is 0 Å². The van der Waals surface area contributed by atoms with Gasteiger partial charge in [0.2, 0.25) is 0 Å². The van der Waals surface area contributed by atoms with Crippen molar-refractivity contribution in [3.05, 3.63) is 56.7 Å². The molecule has 0 aliphatic heterocycles. The third-order valence-corrected chi connectivity index (χ3v) is 4.78. The molecule has 90 valence electrons. The summed E-state index contributed by atoms with van der Waals surface area (Å²) < 4.78 is 0. The summed E-state index contributed by atoms with van der Waals surface area (Å²) in [7, 11) is 0. The third kappa shape index (κ3) is 3.48. The fourth-order valence-corrected chi connectivity index (χ4v) is 3.12. The fraction of sp³-hybridized carbons (Fsp3) is 0.286. The van der Waals surface area contributed by atoms with Crippen molar-refractivity contribution >= 4 is 34.5 Å². The summed E-state index contributed by atoms with van der Waals surface area (Å²) in [5, 5.41) is 0.825. The first-order chi connectivity index (χ1) is 8.19. The Hall–Kier alpha value is -0.500. The highest BCUT2D eigenvalue weighted by Gasteiger charge is 2.11. The largest absolute Gasteiger partial charge is 0.144 e. The van der Waals surface area contributed by atoms with E-state index in [1.54, 1.807) is 11.3 Å². The maximum Gasteiger partial charge on any atom is 0.0718 e. The molecule has 0 nitrogen and oxygen atoms in total. The first-order valence-electron chi connectivity index (χ1n) is 5.66. The lowest BCUT2D eigenvalue weighted by Gasteiger charge is -2.07. The molecule has 1 aromatic carbocycles. The highest BCUT2D eigenvalue weighted by molar-refractivity contribution is 7.12. The van der Waals surface area contributed by atoms with E-state index < -0.39 is 0 Å². The molecule has 1 atom stereocenters. The number of rotatable bonds is 4. The van der Waals surface area contributed by atoms with Crippen LogP contribution >= 0.6 is 34.5 Å². The quantitative estimate of drug-likeness (QED) is 0.652. The Morgan fingerprint density at radius 3 is 2.41 bits per heavy atom. The molecule has 0 radical (unpaired) electrons. The van der Waals surface area contributed by atoms with Crippen LogP contribution in [0.2, 0.25) is 5.02 Å². The maximum atomic E-state index is 6.43. The standard InChI is InChI=1S/C14H14Cl2S/c1-2-12-7-8-14(17-12)13(16)9-10-3-5-11(15)6-4-10/h3-8,13H,2,9H2,1H3. The van der Waals surface area contributed by atoms with Crippen LogP contribution in [0.5, 0.6) is 0 Å². The molecule has 0 aliphatic rings. The lowest BCUT2D eigenvalue weighted by atomic mass is 10.1. The van der Waals surface area contributed by atoms with Crippen LogP contribution in [-0.2, 0) is 12.8 Å². The molecule has 3 heteroatoms. The van der Waals surface area contributed by atoms with Crippen LogP contribution in [0.3, 0.4) is 0 Å². The van der Waals surface area contributed by atoms with E-state index in [-0.39, 0.29) is 5.38 Å². The second kappa shape index (κ2) is 5.90. The van der Waals surface area contributed by atoms with Crippen LogP contribution in [0.4, 0.5) is 0 Å². The van der Waals surface area contributed by atoms with Gasteiger partial charge in [0.15, 0.2) is 0 Å². The van der Waals surface area contributed by atoms with E-state index in [2.05, 4.69) is 19.1 Å². The lowest BCUT2D eigenvalue weighted by Crippen LogP contribution is -1.92. The van der Waals surface area contributed by atoms with E-state index in [1.807, 2.05) is 24.3 Å².